The molecule has 2 rings (SSSR count). The molecule has 1 saturated carbocycles. The Morgan fingerprint density at radius 1 is 1.29 bits per heavy atom. The fourth-order valence-corrected chi connectivity index (χ4v) is 3.12. The van der Waals surface area contributed by atoms with Crippen molar-refractivity contribution in [1.29, 1.82) is 0 Å². The molecule has 0 bridgehead atoms. The van der Waals surface area contributed by atoms with Gasteiger partial charge in [-0.15, -0.1) is 0 Å². The summed E-state index contributed by atoms with van der Waals surface area (Å²) in [7, 11) is -3.86. The van der Waals surface area contributed by atoms with Crippen LogP contribution >= 0.6 is 0 Å². The molecule has 0 radical (unpaired) electrons. The van der Waals surface area contributed by atoms with Gasteiger partial charge in [-0.1, -0.05) is 19.9 Å². The van der Waals surface area contributed by atoms with Crippen LogP contribution in [0, 0.1) is 17.3 Å². The van der Waals surface area contributed by atoms with E-state index in [0.29, 0.717) is 0 Å². The quantitative estimate of drug-likeness (QED) is 0.751. The number of carboxylic acid groups (broad SMARTS) is 1. The Balaban J connectivity index is 2.17. The molecule has 114 valence electrons. The molecule has 7 nitrogen and oxygen atoms in total. The number of anilines is 1. The third kappa shape index (κ3) is 2.91. The van der Waals surface area contributed by atoms with Crippen molar-refractivity contribution in [2.45, 2.75) is 18.7 Å². The smallest absolute Gasteiger partial charge is 0.307 e. The predicted octanol–water partition coefficient (Wildman–Crippen LogP) is 0.629. The number of carbonyl (C=O) groups is 2. The van der Waals surface area contributed by atoms with Crippen molar-refractivity contribution in [3.05, 3.63) is 24.3 Å². The fraction of sp³-hybridized carbons (Fsp3) is 0.385. The van der Waals surface area contributed by atoms with E-state index >= 15 is 0 Å². The second-order valence-electron chi connectivity index (χ2n) is 5.68. The van der Waals surface area contributed by atoms with E-state index in [1.807, 2.05) is 0 Å². The van der Waals surface area contributed by atoms with Crippen molar-refractivity contribution in [2.75, 3.05) is 5.32 Å². The van der Waals surface area contributed by atoms with Crippen LogP contribution in [-0.2, 0) is 19.6 Å². The van der Waals surface area contributed by atoms with Crippen LogP contribution in [0.5, 0.6) is 0 Å². The largest absolute Gasteiger partial charge is 0.481 e. The van der Waals surface area contributed by atoms with Gasteiger partial charge in [0, 0.05) is 5.69 Å². The molecule has 1 fully saturated rings. The molecule has 0 spiro atoms. The van der Waals surface area contributed by atoms with Crippen molar-refractivity contribution in [3.8, 4) is 0 Å². The summed E-state index contributed by atoms with van der Waals surface area (Å²) in [5.74, 6) is -2.84. The highest BCUT2D eigenvalue weighted by atomic mass is 32.2. The van der Waals surface area contributed by atoms with E-state index in [1.54, 1.807) is 13.8 Å². The van der Waals surface area contributed by atoms with Gasteiger partial charge >= 0.3 is 5.97 Å². The summed E-state index contributed by atoms with van der Waals surface area (Å²) < 4.78 is 22.5. The van der Waals surface area contributed by atoms with Gasteiger partial charge in [0.05, 0.1) is 16.7 Å². The molecular weight excluding hydrogens is 296 g/mol. The van der Waals surface area contributed by atoms with E-state index in [0.717, 1.165) is 0 Å². The lowest BCUT2D eigenvalue weighted by atomic mass is 10.1. The Morgan fingerprint density at radius 2 is 1.90 bits per heavy atom. The van der Waals surface area contributed by atoms with E-state index in [9.17, 15) is 18.0 Å². The molecule has 1 aromatic rings. The van der Waals surface area contributed by atoms with Gasteiger partial charge in [0.15, 0.2) is 0 Å². The SMILES string of the molecule is CC1(C)[C@@H](C(=O)O)[C@@H]1C(=O)Nc1cccc(S(N)(=O)=O)c1. The van der Waals surface area contributed by atoms with Crippen LogP contribution < -0.4 is 10.5 Å². The van der Waals surface area contributed by atoms with E-state index < -0.39 is 39.2 Å². The molecule has 0 aliphatic heterocycles. The fourth-order valence-electron chi connectivity index (χ4n) is 2.56. The monoisotopic (exact) mass is 312 g/mol. The highest BCUT2D eigenvalue weighted by molar-refractivity contribution is 7.89. The van der Waals surface area contributed by atoms with Gasteiger partial charge in [-0.3, -0.25) is 9.59 Å². The van der Waals surface area contributed by atoms with Gasteiger partial charge < -0.3 is 10.4 Å². The molecule has 21 heavy (non-hydrogen) atoms. The second kappa shape index (κ2) is 4.81. The third-order valence-corrected chi connectivity index (χ3v) is 4.72. The Hall–Kier alpha value is -1.93. The van der Waals surface area contributed by atoms with E-state index in [-0.39, 0.29) is 10.6 Å². The van der Waals surface area contributed by atoms with E-state index in [1.165, 1.54) is 24.3 Å². The zero-order valence-electron chi connectivity index (χ0n) is 11.5. The lowest BCUT2D eigenvalue weighted by Crippen LogP contribution is -2.18. The van der Waals surface area contributed by atoms with E-state index in [2.05, 4.69) is 5.32 Å². The van der Waals surface area contributed by atoms with Crippen molar-refractivity contribution >= 4 is 27.6 Å². The highest BCUT2D eigenvalue weighted by Crippen LogP contribution is 2.58. The van der Waals surface area contributed by atoms with Crippen molar-refractivity contribution < 1.29 is 23.1 Å². The molecule has 0 saturated heterocycles. The zero-order chi connectivity index (χ0) is 16.0. The molecule has 2 atom stereocenters. The summed E-state index contributed by atoms with van der Waals surface area (Å²) in [6, 6.07) is 5.50. The van der Waals surface area contributed by atoms with Crippen LogP contribution in [0.1, 0.15) is 13.8 Å². The minimum absolute atomic E-state index is 0.120. The molecular formula is C13H16N2O5S. The van der Waals surface area contributed by atoms with Crippen molar-refractivity contribution in [3.63, 3.8) is 0 Å². The van der Waals surface area contributed by atoms with Crippen LogP contribution in [0.15, 0.2) is 29.2 Å². The summed E-state index contributed by atoms with van der Waals surface area (Å²) in [5.41, 5.74) is -0.355. The van der Waals surface area contributed by atoms with Crippen LogP contribution in [0.2, 0.25) is 0 Å². The number of hydrogen-bond acceptors (Lipinski definition) is 4. The van der Waals surface area contributed by atoms with E-state index in [4.69, 9.17) is 10.2 Å². The Labute approximate surface area is 122 Å². The molecule has 8 heteroatoms. The van der Waals surface area contributed by atoms with Gasteiger partial charge in [-0.2, -0.15) is 0 Å². The van der Waals surface area contributed by atoms with Crippen LogP contribution in [0.25, 0.3) is 0 Å². The first kappa shape index (κ1) is 15.5. The minimum atomic E-state index is -3.86. The maximum atomic E-state index is 12.1. The minimum Gasteiger partial charge on any atom is -0.481 e. The number of rotatable bonds is 4. The Morgan fingerprint density at radius 3 is 2.38 bits per heavy atom. The van der Waals surface area contributed by atoms with Gasteiger partial charge in [-0.25, -0.2) is 13.6 Å². The number of sulfonamides is 1. The molecule has 0 heterocycles. The number of amides is 1. The van der Waals surface area contributed by atoms with Crippen LogP contribution in [0.4, 0.5) is 5.69 Å². The second-order valence-corrected chi connectivity index (χ2v) is 7.24. The summed E-state index contributed by atoms with van der Waals surface area (Å²) in [6.07, 6.45) is 0. The Bertz CT molecular complexity index is 711. The summed E-state index contributed by atoms with van der Waals surface area (Å²) >= 11 is 0. The van der Waals surface area contributed by atoms with Gasteiger partial charge in [0.1, 0.15) is 0 Å². The number of hydrogen-bond donors (Lipinski definition) is 3. The van der Waals surface area contributed by atoms with Gasteiger partial charge in [0.25, 0.3) is 0 Å². The number of nitrogens with one attached hydrogen (secondary N) is 1. The average Bonchev–Trinajstić information content (AvgIpc) is 2.92. The molecule has 0 aromatic heterocycles. The first-order valence-corrected chi connectivity index (χ1v) is 7.76. The summed E-state index contributed by atoms with van der Waals surface area (Å²) in [6.45, 7) is 3.41. The number of carboxylic acids is 1. The summed E-state index contributed by atoms with van der Waals surface area (Å²) in [5, 5.41) is 16.6. The molecule has 1 aromatic carbocycles. The third-order valence-electron chi connectivity index (χ3n) is 3.81. The zero-order valence-corrected chi connectivity index (χ0v) is 12.3. The number of benzene rings is 1. The number of carbonyl (C=O) groups excluding carboxylic acids is 1. The van der Waals surface area contributed by atoms with Crippen molar-refractivity contribution in [1.82, 2.24) is 0 Å². The molecule has 1 aliphatic carbocycles. The molecule has 1 aliphatic rings. The van der Waals surface area contributed by atoms with Gasteiger partial charge in [-0.05, 0) is 23.6 Å². The Kier molecular flexibility index (Phi) is 3.54. The summed E-state index contributed by atoms with van der Waals surface area (Å²) in [4.78, 5) is 23.0. The van der Waals surface area contributed by atoms with Crippen molar-refractivity contribution in [2.24, 2.45) is 22.4 Å². The normalized spacial score (nSPS) is 23.4. The predicted molar refractivity (Wildman–Crippen MR) is 74.8 cm³/mol. The topological polar surface area (TPSA) is 127 Å². The lowest BCUT2D eigenvalue weighted by Gasteiger charge is -2.07. The average molecular weight is 312 g/mol. The van der Waals surface area contributed by atoms with Crippen LogP contribution in [-0.4, -0.2) is 25.4 Å². The molecule has 0 unspecified atom stereocenters. The number of aliphatic carboxylic acids is 1. The van der Waals surface area contributed by atoms with Crippen LogP contribution in [0.3, 0.4) is 0 Å². The maximum absolute atomic E-state index is 12.1. The number of nitrogens with two attached hydrogens (primary N) is 1. The standard InChI is InChI=1S/C13H16N2O5S/c1-13(2)9(10(13)12(17)18)11(16)15-7-4-3-5-8(6-7)21(14,19)20/h3-6,9-10H,1-2H3,(H,15,16)(H,17,18)(H2,14,19,20)/t9-,10-/m1/s1. The molecule has 4 N–H and O–H groups in total. The first-order chi connectivity index (χ1) is 9.55. The highest BCUT2D eigenvalue weighted by Gasteiger charge is 2.65. The van der Waals surface area contributed by atoms with Gasteiger partial charge in [0.2, 0.25) is 15.9 Å². The first-order valence-electron chi connectivity index (χ1n) is 6.21. The molecule has 1 amide bonds. The number of primary sulfonamides is 1. The maximum Gasteiger partial charge on any atom is 0.307 e. The lowest BCUT2D eigenvalue weighted by molar-refractivity contribution is -0.140.